The van der Waals surface area contributed by atoms with E-state index in [4.69, 9.17) is 26.8 Å². The van der Waals surface area contributed by atoms with E-state index in [0.717, 1.165) is 12.1 Å². The Labute approximate surface area is 208 Å². The van der Waals surface area contributed by atoms with E-state index >= 15 is 0 Å². The number of aromatic hydroxyl groups is 1. The molecule has 2 aromatic carbocycles. The number of halogens is 2. The van der Waals surface area contributed by atoms with Gasteiger partial charge in [0.25, 0.3) is 5.91 Å². The summed E-state index contributed by atoms with van der Waals surface area (Å²) >= 11 is 6.08. The Balaban J connectivity index is 0.00000432. The monoisotopic (exact) mass is 511 g/mol. The molecule has 0 bridgehead atoms. The molecule has 2 unspecified atom stereocenters. The lowest BCUT2D eigenvalue weighted by molar-refractivity contribution is 0.00605. The normalized spacial score (nSPS) is 17.9. The van der Waals surface area contributed by atoms with E-state index in [2.05, 4.69) is 10.2 Å². The molecular weight excluding hydrogens is 481 g/mol. The van der Waals surface area contributed by atoms with Crippen molar-refractivity contribution in [2.75, 3.05) is 39.6 Å². The maximum absolute atomic E-state index is 13.1. The number of nitrogen functional groups attached to an aromatic ring is 1. The van der Waals surface area contributed by atoms with Crippen molar-refractivity contribution in [3.63, 3.8) is 0 Å². The van der Waals surface area contributed by atoms with Crippen LogP contribution in [0.3, 0.4) is 0 Å². The highest BCUT2D eigenvalue weighted by Gasteiger charge is 2.31. The van der Waals surface area contributed by atoms with E-state index in [0.29, 0.717) is 49.5 Å². The molecule has 0 spiro atoms. The Morgan fingerprint density at radius 3 is 2.66 bits per heavy atom. The standard InChI is InChI=1S/C24H29ClFN3O5.H2O/c1-33-22-12-18(27)17(25)11-16(22)24(32)28-19-7-9-29(13-23(19)34-2)8-3-4-20(30)15-6-5-14(26)10-21(15)31;/h5-6,10-12,19,23,31H,3-4,7-9,13,27H2,1-2H3,(H,28,32);1H2. The molecule has 11 heteroatoms. The highest BCUT2D eigenvalue weighted by molar-refractivity contribution is 6.33. The number of ether oxygens (including phenoxy) is 2. The van der Waals surface area contributed by atoms with Crippen molar-refractivity contribution < 1.29 is 34.0 Å². The number of carbonyl (C=O) groups excluding carboxylic acids is 2. The highest BCUT2D eigenvalue weighted by Crippen LogP contribution is 2.29. The largest absolute Gasteiger partial charge is 0.507 e. The number of benzene rings is 2. The second-order valence-electron chi connectivity index (χ2n) is 8.21. The summed E-state index contributed by atoms with van der Waals surface area (Å²) in [7, 11) is 3.05. The number of ketones is 1. The SMILES string of the molecule is COc1cc(N)c(Cl)cc1C(=O)NC1CCN(CCCC(=O)c2ccc(F)cc2O)CC1OC.O. The van der Waals surface area contributed by atoms with E-state index < -0.39 is 5.82 Å². The third-order valence-corrected chi connectivity index (χ3v) is 6.29. The minimum atomic E-state index is -0.590. The van der Waals surface area contributed by atoms with Crippen molar-refractivity contribution in [1.29, 1.82) is 0 Å². The maximum Gasteiger partial charge on any atom is 0.255 e. The number of nitrogens with two attached hydrogens (primary N) is 1. The van der Waals surface area contributed by atoms with Gasteiger partial charge in [0.1, 0.15) is 17.3 Å². The van der Waals surface area contributed by atoms with Crippen molar-refractivity contribution in [3.05, 3.63) is 52.3 Å². The fourth-order valence-corrected chi connectivity index (χ4v) is 4.25. The zero-order valence-corrected chi connectivity index (χ0v) is 20.4. The molecule has 0 aromatic heterocycles. The number of hydrogen-bond donors (Lipinski definition) is 3. The van der Waals surface area contributed by atoms with Gasteiger partial charge in [-0.05, 0) is 37.6 Å². The number of Topliss-reactive ketones (excluding diaryl/α,β-unsaturated/α-hetero) is 1. The van der Waals surface area contributed by atoms with Crippen molar-refractivity contribution in [3.8, 4) is 11.5 Å². The van der Waals surface area contributed by atoms with Gasteiger partial charge in [-0.25, -0.2) is 4.39 Å². The van der Waals surface area contributed by atoms with E-state index in [-0.39, 0.29) is 52.1 Å². The maximum atomic E-state index is 13.1. The lowest BCUT2D eigenvalue weighted by atomic mass is 10.00. The van der Waals surface area contributed by atoms with Crippen LogP contribution in [0.25, 0.3) is 0 Å². The van der Waals surface area contributed by atoms with E-state index in [9.17, 15) is 19.1 Å². The van der Waals surface area contributed by atoms with Crippen LogP contribution < -0.4 is 15.8 Å². The first kappa shape index (κ1) is 28.3. The van der Waals surface area contributed by atoms with Gasteiger partial charge in [0, 0.05) is 38.8 Å². The molecule has 1 saturated heterocycles. The van der Waals surface area contributed by atoms with Gasteiger partial charge >= 0.3 is 0 Å². The van der Waals surface area contributed by atoms with Crippen molar-refractivity contribution in [2.24, 2.45) is 0 Å². The molecule has 1 fully saturated rings. The second kappa shape index (κ2) is 12.7. The van der Waals surface area contributed by atoms with Gasteiger partial charge in [-0.1, -0.05) is 11.6 Å². The van der Waals surface area contributed by atoms with Crippen LogP contribution in [0.2, 0.25) is 5.02 Å². The minimum Gasteiger partial charge on any atom is -0.507 e. The molecule has 192 valence electrons. The fourth-order valence-electron chi connectivity index (χ4n) is 4.09. The first-order valence-corrected chi connectivity index (χ1v) is 11.3. The van der Waals surface area contributed by atoms with Gasteiger partial charge in [0.2, 0.25) is 0 Å². The predicted molar refractivity (Wildman–Crippen MR) is 131 cm³/mol. The van der Waals surface area contributed by atoms with Gasteiger partial charge in [0.15, 0.2) is 5.78 Å². The molecule has 1 aliphatic heterocycles. The lowest BCUT2D eigenvalue weighted by Gasteiger charge is -2.38. The molecule has 0 radical (unpaired) electrons. The van der Waals surface area contributed by atoms with E-state index in [1.165, 1.54) is 25.3 Å². The zero-order chi connectivity index (χ0) is 24.8. The molecule has 6 N–H and O–H groups in total. The number of likely N-dealkylation sites (tertiary alicyclic amines) is 1. The quantitative estimate of drug-likeness (QED) is 0.346. The number of piperidine rings is 1. The van der Waals surface area contributed by atoms with Crippen LogP contribution in [0.1, 0.15) is 40.0 Å². The average molecular weight is 512 g/mol. The number of carbonyl (C=O) groups is 2. The Morgan fingerprint density at radius 2 is 2.00 bits per heavy atom. The summed E-state index contributed by atoms with van der Waals surface area (Å²) in [6, 6.07) is 6.17. The summed E-state index contributed by atoms with van der Waals surface area (Å²) in [5, 5.41) is 13.1. The summed E-state index contributed by atoms with van der Waals surface area (Å²) in [5.74, 6) is -1.17. The van der Waals surface area contributed by atoms with Crippen LogP contribution in [0.4, 0.5) is 10.1 Å². The van der Waals surface area contributed by atoms with Crippen LogP contribution in [0.5, 0.6) is 11.5 Å². The predicted octanol–water partition coefficient (Wildman–Crippen LogP) is 2.43. The van der Waals surface area contributed by atoms with Gasteiger partial charge in [-0.3, -0.25) is 9.59 Å². The first-order valence-electron chi connectivity index (χ1n) is 10.9. The number of nitrogens with zero attached hydrogens (tertiary/aromatic N) is 1. The fraction of sp³-hybridized carbons (Fsp3) is 0.417. The van der Waals surface area contributed by atoms with Crippen LogP contribution in [0.15, 0.2) is 30.3 Å². The molecule has 2 aromatic rings. The van der Waals surface area contributed by atoms with Crippen molar-refractivity contribution in [2.45, 2.75) is 31.4 Å². The number of rotatable bonds is 9. The first-order chi connectivity index (χ1) is 16.2. The van der Waals surface area contributed by atoms with Crippen LogP contribution in [-0.2, 0) is 4.74 Å². The summed E-state index contributed by atoms with van der Waals surface area (Å²) in [6.07, 6.45) is 1.21. The Morgan fingerprint density at radius 1 is 1.26 bits per heavy atom. The molecular formula is C24H31ClFN3O6. The van der Waals surface area contributed by atoms with Gasteiger partial charge in [-0.2, -0.15) is 0 Å². The smallest absolute Gasteiger partial charge is 0.255 e. The summed E-state index contributed by atoms with van der Waals surface area (Å²) in [6.45, 7) is 1.94. The van der Waals surface area contributed by atoms with Crippen LogP contribution in [0, 0.1) is 5.82 Å². The molecule has 1 aliphatic rings. The highest BCUT2D eigenvalue weighted by atomic mass is 35.5. The second-order valence-corrected chi connectivity index (χ2v) is 8.61. The van der Waals surface area contributed by atoms with E-state index in [1.54, 1.807) is 7.11 Å². The number of nitrogens with one attached hydrogen (secondary N) is 1. The number of phenolic OH excluding ortho intramolecular Hbond substituents is 1. The molecule has 0 saturated carbocycles. The van der Waals surface area contributed by atoms with Crippen LogP contribution in [-0.4, -0.2) is 73.2 Å². The summed E-state index contributed by atoms with van der Waals surface area (Å²) in [5.41, 5.74) is 6.54. The summed E-state index contributed by atoms with van der Waals surface area (Å²) < 4.78 is 24.0. The third-order valence-electron chi connectivity index (χ3n) is 5.96. The topological polar surface area (TPSA) is 146 Å². The van der Waals surface area contributed by atoms with Crippen molar-refractivity contribution in [1.82, 2.24) is 10.2 Å². The molecule has 1 heterocycles. The molecule has 1 amide bonds. The number of amides is 1. The Kier molecular flexibility index (Phi) is 10.3. The van der Waals surface area contributed by atoms with Crippen LogP contribution >= 0.6 is 11.6 Å². The van der Waals surface area contributed by atoms with Crippen molar-refractivity contribution >= 4 is 29.0 Å². The summed E-state index contributed by atoms with van der Waals surface area (Å²) in [4.78, 5) is 27.4. The van der Waals surface area contributed by atoms with Gasteiger partial charge in [0.05, 0.1) is 41.1 Å². The minimum absolute atomic E-state index is 0. The van der Waals surface area contributed by atoms with Gasteiger partial charge < -0.3 is 36.0 Å². The lowest BCUT2D eigenvalue weighted by Crippen LogP contribution is -2.54. The number of phenols is 1. The molecule has 0 aliphatic carbocycles. The third kappa shape index (κ3) is 7.04. The van der Waals surface area contributed by atoms with E-state index in [1.807, 2.05) is 0 Å². The Bertz CT molecular complexity index is 1050. The molecule has 35 heavy (non-hydrogen) atoms. The number of methoxy groups -OCH3 is 2. The molecule has 2 atom stereocenters. The molecule has 9 nitrogen and oxygen atoms in total. The molecule has 3 rings (SSSR count). The zero-order valence-electron chi connectivity index (χ0n) is 19.6. The Hall–Kier alpha value is -2.92. The average Bonchev–Trinajstić information content (AvgIpc) is 2.81. The van der Waals surface area contributed by atoms with Gasteiger partial charge in [-0.15, -0.1) is 0 Å². The number of hydrogen-bond acceptors (Lipinski definition) is 7. The number of anilines is 1.